The van der Waals surface area contributed by atoms with Gasteiger partial charge in [0, 0.05) is 18.0 Å². The minimum atomic E-state index is -2.93. The molecule has 0 radical (unpaired) electrons. The van der Waals surface area contributed by atoms with Crippen molar-refractivity contribution in [3.63, 3.8) is 0 Å². The lowest BCUT2D eigenvalue weighted by Gasteiger charge is -2.13. The maximum Gasteiger partial charge on any atom is 0.387 e. The maximum absolute atomic E-state index is 12.7. The van der Waals surface area contributed by atoms with Crippen molar-refractivity contribution in [2.45, 2.75) is 49.1 Å². The number of carbonyl (C=O) groups excluding carboxylic acids is 1. The largest absolute Gasteiger partial charge is 0.493 e. The quantitative estimate of drug-likeness (QED) is 0.689. The zero-order valence-corrected chi connectivity index (χ0v) is 16.3. The first-order valence-electron chi connectivity index (χ1n) is 9.08. The number of halogens is 2. The number of pyridine rings is 1. The van der Waals surface area contributed by atoms with Gasteiger partial charge in [0.15, 0.2) is 11.5 Å². The fourth-order valence-electron chi connectivity index (χ4n) is 3.11. The van der Waals surface area contributed by atoms with Crippen molar-refractivity contribution in [2.75, 3.05) is 7.11 Å². The lowest BCUT2D eigenvalue weighted by molar-refractivity contribution is -0.0512. The molecule has 1 aromatic heterocycles. The van der Waals surface area contributed by atoms with Gasteiger partial charge in [0.2, 0.25) is 0 Å². The SMILES string of the molecule is COc1cc(CNC(=O)c2cccnc2SC2CCCC2)ccc1OC(F)F. The summed E-state index contributed by atoms with van der Waals surface area (Å²) in [6.45, 7) is -2.70. The lowest BCUT2D eigenvalue weighted by Crippen LogP contribution is -2.24. The van der Waals surface area contributed by atoms with Crippen LogP contribution >= 0.6 is 11.8 Å². The van der Waals surface area contributed by atoms with E-state index in [0.717, 1.165) is 17.9 Å². The van der Waals surface area contributed by atoms with E-state index in [2.05, 4.69) is 15.0 Å². The number of methoxy groups -OCH3 is 1. The van der Waals surface area contributed by atoms with Crippen molar-refractivity contribution in [3.05, 3.63) is 47.7 Å². The molecule has 3 rings (SSSR count). The minimum absolute atomic E-state index is 0.0462. The molecule has 5 nitrogen and oxygen atoms in total. The Morgan fingerprint density at radius 1 is 1.29 bits per heavy atom. The Labute approximate surface area is 166 Å². The van der Waals surface area contributed by atoms with Gasteiger partial charge in [-0.15, -0.1) is 11.8 Å². The zero-order chi connectivity index (χ0) is 19.9. The first kappa shape index (κ1) is 20.4. The Bertz CT molecular complexity index is 814. The van der Waals surface area contributed by atoms with Crippen LogP contribution in [0.15, 0.2) is 41.6 Å². The van der Waals surface area contributed by atoms with Crippen LogP contribution in [0, 0.1) is 0 Å². The smallest absolute Gasteiger partial charge is 0.387 e. The Morgan fingerprint density at radius 3 is 2.79 bits per heavy atom. The van der Waals surface area contributed by atoms with Gasteiger partial charge >= 0.3 is 6.61 Å². The van der Waals surface area contributed by atoms with E-state index in [1.807, 2.05) is 0 Å². The summed E-state index contributed by atoms with van der Waals surface area (Å²) in [6, 6.07) is 8.08. The Morgan fingerprint density at radius 2 is 2.07 bits per heavy atom. The van der Waals surface area contributed by atoms with Gasteiger partial charge in [-0.1, -0.05) is 18.9 Å². The summed E-state index contributed by atoms with van der Waals surface area (Å²) >= 11 is 1.66. The first-order chi connectivity index (χ1) is 13.6. The van der Waals surface area contributed by atoms with Gasteiger partial charge in [-0.2, -0.15) is 8.78 Å². The molecule has 1 saturated carbocycles. The fraction of sp³-hybridized carbons (Fsp3) is 0.400. The van der Waals surface area contributed by atoms with Crippen LogP contribution < -0.4 is 14.8 Å². The number of rotatable bonds is 8. The second-order valence-electron chi connectivity index (χ2n) is 6.43. The minimum Gasteiger partial charge on any atom is -0.493 e. The highest BCUT2D eigenvalue weighted by atomic mass is 32.2. The summed E-state index contributed by atoms with van der Waals surface area (Å²) in [5.74, 6) is -0.0820. The molecule has 0 spiro atoms. The summed E-state index contributed by atoms with van der Waals surface area (Å²) < 4.78 is 34.3. The third-order valence-corrected chi connectivity index (χ3v) is 5.85. The summed E-state index contributed by atoms with van der Waals surface area (Å²) in [5, 5.41) is 4.10. The Kier molecular flexibility index (Phi) is 7.08. The van der Waals surface area contributed by atoms with Gasteiger partial charge in [0.1, 0.15) is 5.03 Å². The molecular formula is C20H22F2N2O3S. The van der Waals surface area contributed by atoms with Gasteiger partial charge in [-0.25, -0.2) is 4.98 Å². The average molecular weight is 408 g/mol. The van der Waals surface area contributed by atoms with Crippen LogP contribution in [0.25, 0.3) is 0 Å². The first-order valence-corrected chi connectivity index (χ1v) is 9.96. The molecule has 0 bridgehead atoms. The maximum atomic E-state index is 12.7. The molecule has 1 aromatic carbocycles. The number of hydrogen-bond acceptors (Lipinski definition) is 5. The van der Waals surface area contributed by atoms with Gasteiger partial charge in [0.05, 0.1) is 12.7 Å². The van der Waals surface area contributed by atoms with Crippen LogP contribution in [-0.4, -0.2) is 29.9 Å². The number of thioether (sulfide) groups is 1. The van der Waals surface area contributed by atoms with Crippen molar-refractivity contribution in [2.24, 2.45) is 0 Å². The third-order valence-electron chi connectivity index (χ3n) is 4.49. The number of aromatic nitrogens is 1. The summed E-state index contributed by atoms with van der Waals surface area (Å²) in [6.07, 6.45) is 6.43. The van der Waals surface area contributed by atoms with Crippen LogP contribution in [0.1, 0.15) is 41.6 Å². The van der Waals surface area contributed by atoms with Crippen LogP contribution in [0.3, 0.4) is 0 Å². The molecule has 1 heterocycles. The normalized spacial score (nSPS) is 14.3. The fourth-order valence-corrected chi connectivity index (χ4v) is 4.41. The summed E-state index contributed by atoms with van der Waals surface area (Å²) in [4.78, 5) is 17.0. The predicted octanol–water partition coefficient (Wildman–Crippen LogP) is 4.66. The highest BCUT2D eigenvalue weighted by Crippen LogP contribution is 2.35. The van der Waals surface area contributed by atoms with Crippen LogP contribution in [0.2, 0.25) is 0 Å². The molecule has 8 heteroatoms. The van der Waals surface area contributed by atoms with E-state index >= 15 is 0 Å². The standard InChI is InChI=1S/C20H22F2N2O3S/c1-26-17-11-13(8-9-16(17)27-20(21)22)12-24-18(25)15-7-4-10-23-19(15)28-14-5-2-3-6-14/h4,7-11,14,20H,2-3,5-6,12H2,1H3,(H,24,25). The molecule has 150 valence electrons. The van der Waals surface area contributed by atoms with Crippen molar-refractivity contribution < 1.29 is 23.0 Å². The topological polar surface area (TPSA) is 60.5 Å². The predicted molar refractivity (Wildman–Crippen MR) is 103 cm³/mol. The number of amides is 1. The lowest BCUT2D eigenvalue weighted by atomic mass is 10.2. The van der Waals surface area contributed by atoms with Crippen LogP contribution in [0.4, 0.5) is 8.78 Å². The number of nitrogens with one attached hydrogen (secondary N) is 1. The molecule has 1 aliphatic rings. The third kappa shape index (κ3) is 5.34. The van der Waals surface area contributed by atoms with E-state index in [1.54, 1.807) is 42.2 Å². The number of benzene rings is 1. The molecule has 1 amide bonds. The van der Waals surface area contributed by atoms with E-state index in [9.17, 15) is 13.6 Å². The molecule has 0 unspecified atom stereocenters. The van der Waals surface area contributed by atoms with Gasteiger partial charge in [-0.05, 0) is 42.7 Å². The highest BCUT2D eigenvalue weighted by Gasteiger charge is 2.20. The van der Waals surface area contributed by atoms with Crippen LogP contribution in [-0.2, 0) is 6.54 Å². The van der Waals surface area contributed by atoms with Gasteiger partial charge in [-0.3, -0.25) is 4.79 Å². The molecule has 0 saturated heterocycles. The summed E-state index contributed by atoms with van der Waals surface area (Å²) in [7, 11) is 1.37. The molecule has 1 fully saturated rings. The molecule has 28 heavy (non-hydrogen) atoms. The number of ether oxygens (including phenoxy) is 2. The number of alkyl halides is 2. The van der Waals surface area contributed by atoms with Crippen LogP contribution in [0.5, 0.6) is 11.5 Å². The van der Waals surface area contributed by atoms with Crippen molar-refractivity contribution >= 4 is 17.7 Å². The molecule has 1 aliphatic carbocycles. The van der Waals surface area contributed by atoms with Crippen molar-refractivity contribution in [3.8, 4) is 11.5 Å². The van der Waals surface area contributed by atoms with E-state index < -0.39 is 6.61 Å². The highest BCUT2D eigenvalue weighted by molar-refractivity contribution is 7.99. The van der Waals surface area contributed by atoms with Crippen molar-refractivity contribution in [1.82, 2.24) is 10.3 Å². The van der Waals surface area contributed by atoms with E-state index in [4.69, 9.17) is 4.74 Å². The second kappa shape index (κ2) is 9.73. The van der Waals surface area contributed by atoms with Gasteiger partial charge < -0.3 is 14.8 Å². The van der Waals surface area contributed by atoms with E-state index in [0.29, 0.717) is 16.4 Å². The Balaban J connectivity index is 1.65. The average Bonchev–Trinajstić information content (AvgIpc) is 3.20. The molecule has 1 N–H and O–H groups in total. The number of nitrogens with zero attached hydrogens (tertiary/aromatic N) is 1. The van der Waals surface area contributed by atoms with E-state index in [-0.39, 0.29) is 24.0 Å². The van der Waals surface area contributed by atoms with E-state index in [1.165, 1.54) is 26.0 Å². The Hall–Kier alpha value is -2.35. The molecule has 2 aromatic rings. The molecule has 0 aliphatic heterocycles. The van der Waals surface area contributed by atoms with Crippen molar-refractivity contribution in [1.29, 1.82) is 0 Å². The zero-order valence-electron chi connectivity index (χ0n) is 15.5. The second-order valence-corrected chi connectivity index (χ2v) is 7.72. The molecule has 0 atom stereocenters. The summed E-state index contributed by atoms with van der Waals surface area (Å²) in [5.41, 5.74) is 1.25. The molecular weight excluding hydrogens is 386 g/mol. The number of hydrogen-bond donors (Lipinski definition) is 1. The number of carbonyl (C=O) groups is 1. The monoisotopic (exact) mass is 408 g/mol. The van der Waals surface area contributed by atoms with Gasteiger partial charge in [0.25, 0.3) is 5.91 Å².